The summed E-state index contributed by atoms with van der Waals surface area (Å²) in [6, 6.07) is 12.1. The number of ether oxygens (including phenoxy) is 2. The first kappa shape index (κ1) is 13.0. The molecule has 0 N–H and O–H groups in total. The third-order valence-corrected chi connectivity index (χ3v) is 3.43. The van der Waals surface area contributed by atoms with E-state index >= 15 is 0 Å². The van der Waals surface area contributed by atoms with Crippen molar-refractivity contribution in [3.05, 3.63) is 46.4 Å². The van der Waals surface area contributed by atoms with Gasteiger partial charge < -0.3 is 9.47 Å². The van der Waals surface area contributed by atoms with Gasteiger partial charge in [-0.15, -0.1) is 0 Å². The Morgan fingerprint density at radius 3 is 2.39 bits per heavy atom. The minimum absolute atomic E-state index is 0.792. The topological polar surface area (TPSA) is 18.5 Å². The second kappa shape index (κ2) is 5.44. The standard InChI is InChI=1S/C15H15BrO2/c1-10-5-4-6-11(9-10)14-13(17-2)8-7-12(16)15(14)18-3/h4-9H,1-3H3. The lowest BCUT2D eigenvalue weighted by Crippen LogP contribution is -1.94. The van der Waals surface area contributed by atoms with E-state index in [1.54, 1.807) is 14.2 Å². The van der Waals surface area contributed by atoms with Gasteiger partial charge in [-0.1, -0.05) is 29.8 Å². The Labute approximate surface area is 116 Å². The van der Waals surface area contributed by atoms with Crippen molar-refractivity contribution in [3.63, 3.8) is 0 Å². The molecule has 0 aliphatic heterocycles. The van der Waals surface area contributed by atoms with Crippen molar-refractivity contribution in [2.24, 2.45) is 0 Å². The molecule has 0 spiro atoms. The van der Waals surface area contributed by atoms with E-state index in [-0.39, 0.29) is 0 Å². The Kier molecular flexibility index (Phi) is 3.92. The molecule has 0 atom stereocenters. The molecule has 0 fully saturated rings. The maximum Gasteiger partial charge on any atom is 0.144 e. The van der Waals surface area contributed by atoms with Crippen LogP contribution in [0.1, 0.15) is 5.56 Å². The molecule has 0 aliphatic rings. The van der Waals surface area contributed by atoms with Crippen LogP contribution in [0.5, 0.6) is 11.5 Å². The first-order valence-corrected chi connectivity index (χ1v) is 6.44. The lowest BCUT2D eigenvalue weighted by atomic mass is 10.0. The van der Waals surface area contributed by atoms with Gasteiger partial charge in [-0.2, -0.15) is 0 Å². The molecule has 0 amide bonds. The molecule has 2 nitrogen and oxygen atoms in total. The van der Waals surface area contributed by atoms with Crippen LogP contribution in [0.15, 0.2) is 40.9 Å². The summed E-state index contributed by atoms with van der Waals surface area (Å²) in [4.78, 5) is 0. The molecule has 0 saturated carbocycles. The molecule has 0 saturated heterocycles. The van der Waals surface area contributed by atoms with Gasteiger partial charge in [0.15, 0.2) is 0 Å². The van der Waals surface area contributed by atoms with Gasteiger partial charge in [-0.25, -0.2) is 0 Å². The number of benzene rings is 2. The van der Waals surface area contributed by atoms with Crippen molar-refractivity contribution >= 4 is 15.9 Å². The molecule has 2 aromatic rings. The molecule has 0 radical (unpaired) electrons. The van der Waals surface area contributed by atoms with Crippen LogP contribution in [-0.4, -0.2) is 14.2 Å². The Morgan fingerprint density at radius 2 is 1.78 bits per heavy atom. The van der Waals surface area contributed by atoms with Crippen molar-refractivity contribution in [3.8, 4) is 22.6 Å². The van der Waals surface area contributed by atoms with Crippen LogP contribution >= 0.6 is 15.9 Å². The molecule has 18 heavy (non-hydrogen) atoms. The number of methoxy groups -OCH3 is 2. The first-order valence-electron chi connectivity index (χ1n) is 5.65. The molecule has 3 heteroatoms. The summed E-state index contributed by atoms with van der Waals surface area (Å²) in [7, 11) is 3.33. The average molecular weight is 307 g/mol. The van der Waals surface area contributed by atoms with Gasteiger partial charge in [0.1, 0.15) is 11.5 Å². The zero-order valence-corrected chi connectivity index (χ0v) is 12.2. The Morgan fingerprint density at radius 1 is 1.00 bits per heavy atom. The van der Waals surface area contributed by atoms with Gasteiger partial charge in [0.25, 0.3) is 0 Å². The average Bonchev–Trinajstić information content (AvgIpc) is 2.38. The van der Waals surface area contributed by atoms with Crippen LogP contribution in [0.3, 0.4) is 0 Å². The quantitative estimate of drug-likeness (QED) is 0.834. The minimum Gasteiger partial charge on any atom is -0.496 e. The van der Waals surface area contributed by atoms with Crippen molar-refractivity contribution < 1.29 is 9.47 Å². The smallest absolute Gasteiger partial charge is 0.144 e. The first-order chi connectivity index (χ1) is 8.67. The summed E-state index contributed by atoms with van der Waals surface area (Å²) in [5.74, 6) is 1.60. The van der Waals surface area contributed by atoms with E-state index in [2.05, 4.69) is 41.1 Å². The molecule has 2 aromatic carbocycles. The molecule has 2 rings (SSSR count). The number of hydrogen-bond acceptors (Lipinski definition) is 2. The molecular formula is C15H15BrO2. The van der Waals surface area contributed by atoms with Gasteiger partial charge in [0, 0.05) is 0 Å². The number of hydrogen-bond donors (Lipinski definition) is 0. The minimum atomic E-state index is 0.792. The number of aryl methyl sites for hydroxylation is 1. The van der Waals surface area contributed by atoms with Crippen LogP contribution < -0.4 is 9.47 Å². The summed E-state index contributed by atoms with van der Waals surface area (Å²) >= 11 is 3.51. The van der Waals surface area contributed by atoms with Crippen LogP contribution in [0.4, 0.5) is 0 Å². The Hall–Kier alpha value is -1.48. The summed E-state index contributed by atoms with van der Waals surface area (Å²) in [5, 5.41) is 0. The van der Waals surface area contributed by atoms with Gasteiger partial charge in [0.2, 0.25) is 0 Å². The lowest BCUT2D eigenvalue weighted by Gasteiger charge is -2.15. The normalized spacial score (nSPS) is 10.2. The molecule has 0 aromatic heterocycles. The van der Waals surface area contributed by atoms with Gasteiger partial charge in [-0.05, 0) is 40.5 Å². The number of halogens is 1. The largest absolute Gasteiger partial charge is 0.496 e. The van der Waals surface area contributed by atoms with Crippen molar-refractivity contribution in [1.29, 1.82) is 0 Å². The molecule has 0 aliphatic carbocycles. The summed E-state index contributed by atoms with van der Waals surface area (Å²) in [5.41, 5.74) is 3.26. The van der Waals surface area contributed by atoms with E-state index in [9.17, 15) is 0 Å². The predicted molar refractivity (Wildman–Crippen MR) is 77.4 cm³/mol. The predicted octanol–water partition coefficient (Wildman–Crippen LogP) is 4.44. The molecule has 94 valence electrons. The molecular weight excluding hydrogens is 292 g/mol. The van der Waals surface area contributed by atoms with E-state index in [0.29, 0.717) is 0 Å². The fourth-order valence-corrected chi connectivity index (χ4v) is 2.48. The summed E-state index contributed by atoms with van der Waals surface area (Å²) in [6.45, 7) is 2.07. The van der Waals surface area contributed by atoms with Crippen LogP contribution in [-0.2, 0) is 0 Å². The highest BCUT2D eigenvalue weighted by Crippen LogP contribution is 2.43. The number of rotatable bonds is 3. The molecule has 0 heterocycles. The maximum absolute atomic E-state index is 5.49. The van der Waals surface area contributed by atoms with Crippen LogP contribution in [0.2, 0.25) is 0 Å². The van der Waals surface area contributed by atoms with E-state index in [1.807, 2.05) is 18.2 Å². The van der Waals surface area contributed by atoms with E-state index in [4.69, 9.17) is 9.47 Å². The fourth-order valence-electron chi connectivity index (χ4n) is 1.98. The zero-order valence-electron chi connectivity index (χ0n) is 10.7. The monoisotopic (exact) mass is 306 g/mol. The second-order valence-corrected chi connectivity index (χ2v) is 4.88. The van der Waals surface area contributed by atoms with Gasteiger partial charge >= 0.3 is 0 Å². The Bertz CT molecular complexity index is 564. The highest BCUT2D eigenvalue weighted by molar-refractivity contribution is 9.10. The van der Waals surface area contributed by atoms with Crippen molar-refractivity contribution in [2.45, 2.75) is 6.92 Å². The van der Waals surface area contributed by atoms with Crippen LogP contribution in [0.25, 0.3) is 11.1 Å². The molecule has 0 bridgehead atoms. The zero-order chi connectivity index (χ0) is 13.1. The van der Waals surface area contributed by atoms with Gasteiger partial charge in [-0.3, -0.25) is 0 Å². The van der Waals surface area contributed by atoms with Crippen molar-refractivity contribution in [2.75, 3.05) is 14.2 Å². The molecule has 0 unspecified atom stereocenters. The summed E-state index contributed by atoms with van der Waals surface area (Å²) in [6.07, 6.45) is 0. The van der Waals surface area contributed by atoms with E-state index in [1.165, 1.54) is 5.56 Å². The van der Waals surface area contributed by atoms with E-state index < -0.39 is 0 Å². The Balaban J connectivity index is 2.71. The SMILES string of the molecule is COc1ccc(Br)c(OC)c1-c1cccc(C)c1. The third-order valence-electron chi connectivity index (χ3n) is 2.80. The maximum atomic E-state index is 5.49. The fraction of sp³-hybridized carbons (Fsp3) is 0.200. The van der Waals surface area contributed by atoms with Gasteiger partial charge in [0.05, 0.1) is 24.3 Å². The van der Waals surface area contributed by atoms with E-state index in [0.717, 1.165) is 27.1 Å². The summed E-state index contributed by atoms with van der Waals surface area (Å²) < 4.78 is 11.8. The third kappa shape index (κ3) is 2.36. The van der Waals surface area contributed by atoms with Crippen molar-refractivity contribution in [1.82, 2.24) is 0 Å². The lowest BCUT2D eigenvalue weighted by molar-refractivity contribution is 0.395. The van der Waals surface area contributed by atoms with Crippen LogP contribution in [0, 0.1) is 6.92 Å². The second-order valence-electron chi connectivity index (χ2n) is 4.03. The highest BCUT2D eigenvalue weighted by Gasteiger charge is 2.15. The highest BCUT2D eigenvalue weighted by atomic mass is 79.9.